The van der Waals surface area contributed by atoms with Gasteiger partial charge in [-0.3, -0.25) is 0 Å². The van der Waals surface area contributed by atoms with Crippen LogP contribution in [0.3, 0.4) is 0 Å². The zero-order valence-corrected chi connectivity index (χ0v) is 12.9. The summed E-state index contributed by atoms with van der Waals surface area (Å²) in [5, 5.41) is 0. The highest BCUT2D eigenvalue weighted by molar-refractivity contribution is 4.76. The van der Waals surface area contributed by atoms with Crippen molar-refractivity contribution in [1.29, 1.82) is 0 Å². The van der Waals surface area contributed by atoms with Gasteiger partial charge in [-0.25, -0.2) is 0 Å². The Kier molecular flexibility index (Phi) is 7.23. The van der Waals surface area contributed by atoms with Crippen molar-refractivity contribution in [2.24, 2.45) is 11.8 Å². The van der Waals surface area contributed by atoms with Crippen molar-refractivity contribution < 1.29 is 4.74 Å². The molecule has 0 aliphatic heterocycles. The zero-order chi connectivity index (χ0) is 13.3. The van der Waals surface area contributed by atoms with Crippen LogP contribution in [0.4, 0.5) is 0 Å². The van der Waals surface area contributed by atoms with Crippen LogP contribution in [0.15, 0.2) is 0 Å². The maximum absolute atomic E-state index is 5.70. The first-order valence-electron chi connectivity index (χ1n) is 8.68. The first kappa shape index (κ1) is 15.3. The second kappa shape index (κ2) is 8.97. The van der Waals surface area contributed by atoms with Crippen LogP contribution in [0.25, 0.3) is 0 Å². The average molecular weight is 267 g/mol. The second-order valence-corrected chi connectivity index (χ2v) is 6.67. The lowest BCUT2D eigenvalue weighted by Gasteiger charge is -2.28. The summed E-state index contributed by atoms with van der Waals surface area (Å²) in [5.41, 5.74) is 0. The highest BCUT2D eigenvalue weighted by atomic mass is 16.5. The van der Waals surface area contributed by atoms with Gasteiger partial charge in [-0.15, -0.1) is 0 Å². The molecule has 0 N–H and O–H groups in total. The van der Waals surface area contributed by atoms with E-state index in [1.807, 2.05) is 0 Å². The lowest BCUT2D eigenvalue weighted by Crippen LogP contribution is -2.35. The summed E-state index contributed by atoms with van der Waals surface area (Å²) in [6.45, 7) is 7.90. The van der Waals surface area contributed by atoms with E-state index in [0.29, 0.717) is 0 Å². The smallest absolute Gasteiger partial charge is 0.0593 e. The third-order valence-electron chi connectivity index (χ3n) is 4.88. The van der Waals surface area contributed by atoms with E-state index in [2.05, 4.69) is 11.8 Å². The Morgan fingerprint density at radius 3 is 1.84 bits per heavy atom. The molecule has 0 amide bonds. The third kappa shape index (κ3) is 5.83. The van der Waals surface area contributed by atoms with Crippen LogP contribution in [-0.4, -0.2) is 37.7 Å². The van der Waals surface area contributed by atoms with Crippen molar-refractivity contribution in [3.8, 4) is 0 Å². The molecular formula is C17H33NO. The van der Waals surface area contributed by atoms with Gasteiger partial charge in [-0.2, -0.15) is 0 Å². The molecule has 0 atom stereocenters. The molecule has 0 saturated heterocycles. The monoisotopic (exact) mass is 267 g/mol. The van der Waals surface area contributed by atoms with Gasteiger partial charge in [-0.1, -0.05) is 32.6 Å². The van der Waals surface area contributed by atoms with Gasteiger partial charge in [0.25, 0.3) is 0 Å². The number of rotatable bonds is 9. The van der Waals surface area contributed by atoms with Crippen molar-refractivity contribution >= 4 is 0 Å². The standard InChI is InChI=1S/C17H33NO/c1-2-12-19-13-11-18(14-16-7-3-4-8-16)15-17-9-5-6-10-17/h16-17H,2-15H2,1H3. The fourth-order valence-electron chi connectivity index (χ4n) is 3.81. The molecule has 0 aromatic rings. The molecule has 0 aromatic heterocycles. The van der Waals surface area contributed by atoms with Crippen LogP contribution < -0.4 is 0 Å². The molecule has 0 heterocycles. The second-order valence-electron chi connectivity index (χ2n) is 6.67. The Morgan fingerprint density at radius 1 is 0.842 bits per heavy atom. The van der Waals surface area contributed by atoms with Crippen LogP contribution in [-0.2, 0) is 4.74 Å². The predicted octanol–water partition coefficient (Wildman–Crippen LogP) is 4.10. The molecule has 112 valence electrons. The Bertz CT molecular complexity index is 201. The van der Waals surface area contributed by atoms with Crippen molar-refractivity contribution in [3.63, 3.8) is 0 Å². The molecule has 2 fully saturated rings. The number of ether oxygens (including phenoxy) is 1. The van der Waals surface area contributed by atoms with E-state index in [1.54, 1.807) is 0 Å². The average Bonchev–Trinajstić information content (AvgIpc) is 3.08. The maximum atomic E-state index is 5.70. The predicted molar refractivity (Wildman–Crippen MR) is 81.5 cm³/mol. The largest absolute Gasteiger partial charge is 0.380 e. The van der Waals surface area contributed by atoms with Gasteiger partial charge in [0.2, 0.25) is 0 Å². The van der Waals surface area contributed by atoms with E-state index in [1.165, 1.54) is 64.5 Å². The first-order chi connectivity index (χ1) is 9.38. The summed E-state index contributed by atoms with van der Waals surface area (Å²) < 4.78 is 5.70. The minimum Gasteiger partial charge on any atom is -0.380 e. The Hall–Kier alpha value is -0.0800. The minimum absolute atomic E-state index is 0.931. The Labute approximate surface area is 119 Å². The van der Waals surface area contributed by atoms with E-state index < -0.39 is 0 Å². The number of hydrogen-bond donors (Lipinski definition) is 0. The highest BCUT2D eigenvalue weighted by Crippen LogP contribution is 2.28. The van der Waals surface area contributed by atoms with E-state index in [-0.39, 0.29) is 0 Å². The molecule has 2 aliphatic carbocycles. The number of hydrogen-bond acceptors (Lipinski definition) is 2. The first-order valence-corrected chi connectivity index (χ1v) is 8.68. The van der Waals surface area contributed by atoms with Gasteiger partial charge < -0.3 is 9.64 Å². The third-order valence-corrected chi connectivity index (χ3v) is 4.88. The lowest BCUT2D eigenvalue weighted by atomic mass is 10.0. The normalized spacial score (nSPS) is 21.8. The molecule has 0 spiro atoms. The molecule has 2 heteroatoms. The fraction of sp³-hybridized carbons (Fsp3) is 1.00. The van der Waals surface area contributed by atoms with E-state index in [9.17, 15) is 0 Å². The summed E-state index contributed by atoms with van der Waals surface area (Å²) >= 11 is 0. The summed E-state index contributed by atoms with van der Waals surface area (Å²) in [4.78, 5) is 2.72. The Balaban J connectivity index is 1.70. The van der Waals surface area contributed by atoms with Crippen LogP contribution in [0.1, 0.15) is 64.7 Å². The van der Waals surface area contributed by atoms with Gasteiger partial charge in [0.1, 0.15) is 0 Å². The molecule has 2 aliphatic rings. The molecular weight excluding hydrogens is 234 g/mol. The summed E-state index contributed by atoms with van der Waals surface area (Å²) in [6, 6.07) is 0. The molecule has 0 unspecified atom stereocenters. The summed E-state index contributed by atoms with van der Waals surface area (Å²) in [7, 11) is 0. The van der Waals surface area contributed by atoms with Gasteiger partial charge in [0.15, 0.2) is 0 Å². The van der Waals surface area contributed by atoms with Crippen LogP contribution >= 0.6 is 0 Å². The zero-order valence-electron chi connectivity index (χ0n) is 12.9. The van der Waals surface area contributed by atoms with Crippen LogP contribution in [0, 0.1) is 11.8 Å². The minimum atomic E-state index is 0.931. The molecule has 0 aromatic carbocycles. The van der Waals surface area contributed by atoms with Crippen LogP contribution in [0.5, 0.6) is 0 Å². The highest BCUT2D eigenvalue weighted by Gasteiger charge is 2.22. The molecule has 19 heavy (non-hydrogen) atoms. The summed E-state index contributed by atoms with van der Waals surface area (Å²) in [5.74, 6) is 1.96. The van der Waals surface area contributed by atoms with Crippen molar-refractivity contribution in [2.45, 2.75) is 64.7 Å². The Morgan fingerprint density at radius 2 is 1.37 bits per heavy atom. The van der Waals surface area contributed by atoms with Crippen molar-refractivity contribution in [1.82, 2.24) is 4.90 Å². The topological polar surface area (TPSA) is 12.5 Å². The maximum Gasteiger partial charge on any atom is 0.0593 e. The van der Waals surface area contributed by atoms with E-state index in [4.69, 9.17) is 4.74 Å². The summed E-state index contributed by atoms with van der Waals surface area (Å²) in [6.07, 6.45) is 12.9. The van der Waals surface area contributed by atoms with E-state index in [0.717, 1.165) is 38.0 Å². The fourth-order valence-corrected chi connectivity index (χ4v) is 3.81. The van der Waals surface area contributed by atoms with Gasteiger partial charge in [0.05, 0.1) is 6.61 Å². The number of nitrogens with zero attached hydrogens (tertiary/aromatic N) is 1. The molecule has 0 bridgehead atoms. The molecule has 0 radical (unpaired) electrons. The van der Waals surface area contributed by atoms with Crippen molar-refractivity contribution in [3.05, 3.63) is 0 Å². The lowest BCUT2D eigenvalue weighted by molar-refractivity contribution is 0.0913. The quantitative estimate of drug-likeness (QED) is 0.583. The van der Waals surface area contributed by atoms with Gasteiger partial charge >= 0.3 is 0 Å². The van der Waals surface area contributed by atoms with E-state index >= 15 is 0 Å². The SMILES string of the molecule is CCCOCCN(CC1CCCC1)CC1CCCC1. The van der Waals surface area contributed by atoms with Gasteiger partial charge in [0, 0.05) is 26.2 Å². The van der Waals surface area contributed by atoms with Crippen LogP contribution in [0.2, 0.25) is 0 Å². The molecule has 2 saturated carbocycles. The molecule has 2 nitrogen and oxygen atoms in total. The van der Waals surface area contributed by atoms with Gasteiger partial charge in [-0.05, 0) is 43.9 Å². The van der Waals surface area contributed by atoms with Crippen molar-refractivity contribution in [2.75, 3.05) is 32.8 Å². The molecule has 2 rings (SSSR count).